The first kappa shape index (κ1) is 22.2. The van der Waals surface area contributed by atoms with Crippen molar-refractivity contribution in [3.8, 4) is 0 Å². The van der Waals surface area contributed by atoms with Crippen molar-refractivity contribution in [3.63, 3.8) is 0 Å². The van der Waals surface area contributed by atoms with Gasteiger partial charge in [-0.15, -0.1) is 0 Å². The Hall–Kier alpha value is -2.87. The molecule has 2 aromatic carbocycles. The number of esters is 1. The van der Waals surface area contributed by atoms with Crippen LogP contribution in [-0.4, -0.2) is 28.8 Å². The van der Waals surface area contributed by atoms with Gasteiger partial charge in [0, 0.05) is 12.2 Å². The van der Waals surface area contributed by atoms with Gasteiger partial charge in [0.1, 0.15) is 6.10 Å². The fraction of sp³-hybridized carbons (Fsp3) is 0.263. The van der Waals surface area contributed by atoms with E-state index in [0.29, 0.717) is 0 Å². The number of rotatable bonds is 4. The fourth-order valence-corrected chi connectivity index (χ4v) is 2.24. The maximum absolute atomic E-state index is 13.0. The summed E-state index contributed by atoms with van der Waals surface area (Å²) in [6.45, 7) is 3.23. The van der Waals surface area contributed by atoms with Gasteiger partial charge in [0.2, 0.25) is 0 Å². The normalized spacial score (nSPS) is 11.8. The third kappa shape index (κ3) is 6.10. The van der Waals surface area contributed by atoms with Gasteiger partial charge < -0.3 is 14.9 Å². The van der Waals surface area contributed by atoms with Gasteiger partial charge in [0.25, 0.3) is 0 Å². The molecule has 0 saturated carbocycles. The molecule has 5 nitrogen and oxygen atoms in total. The predicted molar refractivity (Wildman–Crippen MR) is 91.4 cm³/mol. The molecule has 0 aliphatic rings. The Bertz CT molecular complexity index is 787. The van der Waals surface area contributed by atoms with E-state index in [9.17, 15) is 22.8 Å². The smallest absolute Gasteiger partial charge is 0.416 e. The molecule has 0 amide bonds. The highest BCUT2D eigenvalue weighted by molar-refractivity contribution is 6.02. The number of hydrogen-bond donors (Lipinski definition) is 2. The molecule has 1 atom stereocenters. The van der Waals surface area contributed by atoms with E-state index < -0.39 is 29.8 Å². The van der Waals surface area contributed by atoms with Gasteiger partial charge >= 0.3 is 18.1 Å². The van der Waals surface area contributed by atoms with Crippen LogP contribution in [0.5, 0.6) is 0 Å². The number of carbonyl (C=O) groups excluding carboxylic acids is 1. The second-order valence-corrected chi connectivity index (χ2v) is 5.30. The quantitative estimate of drug-likeness (QED) is 0.767. The molecule has 8 heteroatoms. The van der Waals surface area contributed by atoms with Crippen LogP contribution < -0.4 is 0 Å². The van der Waals surface area contributed by atoms with Crippen LogP contribution in [-0.2, 0) is 10.9 Å². The molecule has 0 aliphatic heterocycles. The first-order valence-electron chi connectivity index (χ1n) is 7.93. The Labute approximate surface area is 154 Å². The van der Waals surface area contributed by atoms with E-state index in [-0.39, 0.29) is 23.3 Å². The lowest BCUT2D eigenvalue weighted by molar-refractivity contribution is -0.139. The molecule has 0 spiro atoms. The highest BCUT2D eigenvalue weighted by Gasteiger charge is 2.35. The van der Waals surface area contributed by atoms with E-state index in [1.54, 1.807) is 6.92 Å². The molecule has 27 heavy (non-hydrogen) atoms. The Balaban J connectivity index is 0.00000114. The molecular weight excluding hydrogens is 365 g/mol. The van der Waals surface area contributed by atoms with Crippen molar-refractivity contribution >= 4 is 11.9 Å². The predicted octanol–water partition coefficient (Wildman–Crippen LogP) is 4.32. The molecule has 0 aromatic heterocycles. The van der Waals surface area contributed by atoms with E-state index in [4.69, 9.17) is 14.9 Å². The van der Waals surface area contributed by atoms with Gasteiger partial charge in [-0.05, 0) is 32.0 Å². The van der Waals surface area contributed by atoms with Gasteiger partial charge in [-0.1, -0.05) is 30.3 Å². The topological polar surface area (TPSA) is 83.8 Å². The number of benzene rings is 2. The summed E-state index contributed by atoms with van der Waals surface area (Å²) < 4.78 is 44.1. The van der Waals surface area contributed by atoms with Gasteiger partial charge in [-0.3, -0.25) is 0 Å². The summed E-state index contributed by atoms with van der Waals surface area (Å²) in [6.07, 6.45) is -5.78. The monoisotopic (exact) mass is 384 g/mol. The number of halogens is 3. The van der Waals surface area contributed by atoms with Crippen LogP contribution in [0.4, 0.5) is 13.2 Å². The molecule has 0 aliphatic carbocycles. The second kappa shape index (κ2) is 9.72. The molecule has 2 aromatic rings. The number of ether oxygens (including phenoxy) is 1. The summed E-state index contributed by atoms with van der Waals surface area (Å²) in [7, 11) is 0. The molecule has 2 N–H and O–H groups in total. The lowest BCUT2D eigenvalue weighted by atomic mass is 10.0. The Morgan fingerprint density at radius 2 is 1.52 bits per heavy atom. The van der Waals surface area contributed by atoms with Gasteiger partial charge in [-0.2, -0.15) is 13.2 Å². The number of hydrogen-bond acceptors (Lipinski definition) is 4. The van der Waals surface area contributed by atoms with Crippen LogP contribution in [0.25, 0.3) is 0 Å². The fourth-order valence-electron chi connectivity index (χ4n) is 2.24. The number of carbonyl (C=O) groups is 2. The van der Waals surface area contributed by atoms with Gasteiger partial charge in [-0.25, -0.2) is 9.59 Å². The largest absolute Gasteiger partial charge is 0.478 e. The minimum Gasteiger partial charge on any atom is -0.478 e. The third-order valence-electron chi connectivity index (χ3n) is 3.37. The zero-order chi connectivity index (χ0) is 20.6. The number of carboxylic acids is 1. The Kier molecular flexibility index (Phi) is 7.99. The van der Waals surface area contributed by atoms with Gasteiger partial charge in [0.05, 0.1) is 16.7 Å². The highest BCUT2D eigenvalue weighted by atomic mass is 19.4. The van der Waals surface area contributed by atoms with E-state index in [2.05, 4.69) is 0 Å². The van der Waals surface area contributed by atoms with Crippen molar-refractivity contribution in [2.75, 3.05) is 6.61 Å². The Morgan fingerprint density at radius 1 is 1.04 bits per heavy atom. The van der Waals surface area contributed by atoms with Crippen LogP contribution in [0.2, 0.25) is 0 Å². The van der Waals surface area contributed by atoms with E-state index >= 15 is 0 Å². The average molecular weight is 384 g/mol. The number of aliphatic hydroxyl groups excluding tert-OH is 1. The minimum atomic E-state index is -4.59. The van der Waals surface area contributed by atoms with Crippen molar-refractivity contribution in [2.45, 2.75) is 26.1 Å². The molecular formula is C19H19F3O5. The van der Waals surface area contributed by atoms with E-state index in [1.165, 1.54) is 49.4 Å². The van der Waals surface area contributed by atoms with Crippen molar-refractivity contribution < 1.29 is 37.7 Å². The van der Waals surface area contributed by atoms with Gasteiger partial charge in [0.15, 0.2) is 0 Å². The zero-order valence-corrected chi connectivity index (χ0v) is 14.7. The maximum Gasteiger partial charge on any atom is 0.416 e. The molecule has 0 saturated heterocycles. The lowest BCUT2D eigenvalue weighted by Crippen LogP contribution is -2.17. The molecule has 0 bridgehead atoms. The summed E-state index contributed by atoms with van der Waals surface area (Å²) in [5.74, 6) is -2.33. The molecule has 2 rings (SSSR count). The highest BCUT2D eigenvalue weighted by Crippen LogP contribution is 2.35. The standard InChI is InChI=1S/C17H13F3O4.C2H6O/c1-10(11-6-4-5-9-14(11)17(18,19)20)24-16(23)13-8-3-2-7-12(13)15(21)22;1-2-3/h2-10H,1H3,(H,21,22);3H,2H2,1H3/t10-;/m0./s1. The van der Waals surface area contributed by atoms with Crippen LogP contribution in [0.15, 0.2) is 48.5 Å². The van der Waals surface area contributed by atoms with Crippen molar-refractivity contribution in [3.05, 3.63) is 70.8 Å². The summed E-state index contributed by atoms with van der Waals surface area (Å²) in [5, 5.41) is 16.6. The minimum absolute atomic E-state index is 0.203. The summed E-state index contributed by atoms with van der Waals surface area (Å²) in [5.41, 5.74) is -1.61. The maximum atomic E-state index is 13.0. The van der Waals surface area contributed by atoms with E-state index in [0.717, 1.165) is 6.07 Å². The van der Waals surface area contributed by atoms with Crippen molar-refractivity contribution in [2.24, 2.45) is 0 Å². The van der Waals surface area contributed by atoms with Crippen LogP contribution in [0.3, 0.4) is 0 Å². The van der Waals surface area contributed by atoms with Crippen LogP contribution in [0, 0.1) is 0 Å². The number of aliphatic hydroxyl groups is 1. The molecule has 0 unspecified atom stereocenters. The Morgan fingerprint density at radius 3 is 2.04 bits per heavy atom. The number of carboxylic acid groups (broad SMARTS) is 1. The summed E-state index contributed by atoms with van der Waals surface area (Å²) in [4.78, 5) is 23.3. The molecule has 146 valence electrons. The molecule has 0 radical (unpaired) electrons. The van der Waals surface area contributed by atoms with Crippen molar-refractivity contribution in [1.82, 2.24) is 0 Å². The first-order valence-corrected chi connectivity index (χ1v) is 7.93. The van der Waals surface area contributed by atoms with Crippen LogP contribution >= 0.6 is 0 Å². The summed E-state index contributed by atoms with van der Waals surface area (Å²) in [6, 6.07) is 10.1. The zero-order valence-electron chi connectivity index (χ0n) is 14.7. The lowest BCUT2D eigenvalue weighted by Gasteiger charge is -2.19. The van der Waals surface area contributed by atoms with Crippen molar-refractivity contribution in [1.29, 1.82) is 0 Å². The molecule has 0 heterocycles. The van der Waals surface area contributed by atoms with Crippen LogP contribution in [0.1, 0.15) is 51.8 Å². The summed E-state index contributed by atoms with van der Waals surface area (Å²) >= 11 is 0. The number of aromatic carboxylic acids is 1. The third-order valence-corrected chi connectivity index (χ3v) is 3.37. The average Bonchev–Trinajstić information content (AvgIpc) is 2.61. The first-order chi connectivity index (χ1) is 12.6. The van der Waals surface area contributed by atoms with E-state index in [1.807, 2.05) is 0 Å². The SMILES string of the molecule is CCO.C[C@H](OC(=O)c1ccccc1C(=O)O)c1ccccc1C(F)(F)F. The molecule has 0 fully saturated rings. The second-order valence-electron chi connectivity index (χ2n) is 5.30. The number of alkyl halides is 3.